The first-order valence-electron chi connectivity index (χ1n) is 10.2. The highest BCUT2D eigenvalue weighted by Crippen LogP contribution is 2.10. The van der Waals surface area contributed by atoms with Crippen LogP contribution in [0.1, 0.15) is 22.2 Å². The van der Waals surface area contributed by atoms with Crippen molar-refractivity contribution in [3.05, 3.63) is 52.1 Å². The summed E-state index contributed by atoms with van der Waals surface area (Å²) in [6, 6.07) is 6.20. The van der Waals surface area contributed by atoms with Gasteiger partial charge < -0.3 is 19.3 Å². The molecule has 0 atom stereocenters. The molecule has 11 heteroatoms. The van der Waals surface area contributed by atoms with Crippen molar-refractivity contribution in [1.29, 1.82) is 0 Å². The number of aliphatic imine (C=N–C) groups is 1. The molecular formula is C20H29IN8OS. The van der Waals surface area contributed by atoms with Gasteiger partial charge in [-0.3, -0.25) is 4.90 Å². The van der Waals surface area contributed by atoms with Crippen LogP contribution in [-0.2, 0) is 26.6 Å². The zero-order chi connectivity index (χ0) is 20.8. The summed E-state index contributed by atoms with van der Waals surface area (Å²) in [5.74, 6) is 2.71. The summed E-state index contributed by atoms with van der Waals surface area (Å²) in [4.78, 5) is 11.0. The number of aryl methyl sites for hydroxylation is 1. The molecule has 1 N–H and O–H groups in total. The van der Waals surface area contributed by atoms with Gasteiger partial charge in [-0.25, -0.2) is 4.99 Å². The second-order valence-corrected chi connectivity index (χ2v) is 8.40. The summed E-state index contributed by atoms with van der Waals surface area (Å²) < 4.78 is 6.94. The van der Waals surface area contributed by atoms with Crippen molar-refractivity contribution in [3.8, 4) is 0 Å². The van der Waals surface area contributed by atoms with Gasteiger partial charge in [0.15, 0.2) is 11.8 Å². The number of rotatable bonds is 7. The van der Waals surface area contributed by atoms with Crippen molar-refractivity contribution in [3.63, 3.8) is 0 Å². The van der Waals surface area contributed by atoms with Gasteiger partial charge in [-0.15, -0.1) is 45.5 Å². The Bertz CT molecular complexity index is 933. The van der Waals surface area contributed by atoms with Crippen molar-refractivity contribution in [2.75, 3.05) is 32.7 Å². The van der Waals surface area contributed by atoms with Gasteiger partial charge in [0.2, 0.25) is 0 Å². The Hall–Kier alpha value is -1.99. The lowest BCUT2D eigenvalue weighted by atomic mass is 10.3. The lowest BCUT2D eigenvalue weighted by Crippen LogP contribution is -2.52. The van der Waals surface area contributed by atoms with Gasteiger partial charge in [0.1, 0.15) is 18.6 Å². The standard InChI is InChI=1S/C20H28N8OS.HI/c1-16-23-24-19(26(16)2)14-22-20(21-7-5-18-4-3-13-30-18)28-10-8-27(9-11-28)15-17-6-12-29-25-17;/h3-4,6,12-13H,5,7-11,14-15H2,1-2H3,(H,21,22);1H. The number of piperazine rings is 1. The summed E-state index contributed by atoms with van der Waals surface area (Å²) in [6.07, 6.45) is 2.62. The summed E-state index contributed by atoms with van der Waals surface area (Å²) in [5.41, 5.74) is 0.976. The Kier molecular flexibility index (Phi) is 8.84. The number of nitrogens with one attached hydrogen (secondary N) is 1. The van der Waals surface area contributed by atoms with Crippen LogP contribution in [0.5, 0.6) is 0 Å². The molecule has 1 fully saturated rings. The first-order valence-corrected chi connectivity index (χ1v) is 11.1. The van der Waals surface area contributed by atoms with Crippen molar-refractivity contribution in [2.24, 2.45) is 12.0 Å². The third-order valence-corrected chi connectivity index (χ3v) is 6.27. The molecule has 31 heavy (non-hydrogen) atoms. The van der Waals surface area contributed by atoms with Gasteiger partial charge in [-0.2, -0.15) is 0 Å². The smallest absolute Gasteiger partial charge is 0.194 e. The van der Waals surface area contributed by atoms with E-state index in [2.05, 4.69) is 48.0 Å². The molecule has 1 aliphatic heterocycles. The van der Waals surface area contributed by atoms with Crippen LogP contribution in [0, 0.1) is 6.92 Å². The molecule has 0 amide bonds. The average molecular weight is 556 g/mol. The highest BCUT2D eigenvalue weighted by Gasteiger charge is 2.20. The molecule has 0 spiro atoms. The lowest BCUT2D eigenvalue weighted by Gasteiger charge is -2.36. The summed E-state index contributed by atoms with van der Waals surface area (Å²) in [5, 5.41) is 18.1. The maximum absolute atomic E-state index is 4.95. The number of nitrogens with zero attached hydrogens (tertiary/aromatic N) is 7. The van der Waals surface area contributed by atoms with Gasteiger partial charge in [0.25, 0.3) is 0 Å². The SMILES string of the molecule is Cc1nnc(CN=C(NCCc2cccs2)N2CCN(Cc3ccon3)CC2)n1C.I. The first-order chi connectivity index (χ1) is 14.7. The minimum atomic E-state index is 0. The lowest BCUT2D eigenvalue weighted by molar-refractivity contribution is 0.169. The van der Waals surface area contributed by atoms with E-state index in [4.69, 9.17) is 9.52 Å². The van der Waals surface area contributed by atoms with E-state index in [1.807, 2.05) is 24.6 Å². The van der Waals surface area contributed by atoms with E-state index in [0.717, 1.165) is 69.0 Å². The Labute approximate surface area is 203 Å². The highest BCUT2D eigenvalue weighted by molar-refractivity contribution is 14.0. The summed E-state index contributed by atoms with van der Waals surface area (Å²) in [6.45, 7) is 7.90. The van der Waals surface area contributed by atoms with Crippen LogP contribution < -0.4 is 5.32 Å². The number of aromatic nitrogens is 4. The largest absolute Gasteiger partial charge is 0.364 e. The molecule has 9 nitrogen and oxygen atoms in total. The van der Waals surface area contributed by atoms with E-state index in [1.54, 1.807) is 17.6 Å². The topological polar surface area (TPSA) is 87.6 Å². The summed E-state index contributed by atoms with van der Waals surface area (Å²) in [7, 11) is 1.98. The molecule has 0 aromatic carbocycles. The predicted octanol–water partition coefficient (Wildman–Crippen LogP) is 2.30. The van der Waals surface area contributed by atoms with Crippen molar-refractivity contribution < 1.29 is 4.52 Å². The van der Waals surface area contributed by atoms with Gasteiger partial charge in [0.05, 0.1) is 5.69 Å². The number of thiophene rings is 1. The number of halogens is 1. The molecule has 0 bridgehead atoms. The van der Waals surface area contributed by atoms with E-state index in [9.17, 15) is 0 Å². The normalized spacial score (nSPS) is 15.2. The van der Waals surface area contributed by atoms with E-state index in [0.29, 0.717) is 6.54 Å². The fourth-order valence-electron chi connectivity index (χ4n) is 3.42. The maximum atomic E-state index is 4.95. The number of hydrogen-bond donors (Lipinski definition) is 1. The zero-order valence-electron chi connectivity index (χ0n) is 17.9. The van der Waals surface area contributed by atoms with Crippen LogP contribution in [-0.4, -0.2) is 68.4 Å². The average Bonchev–Trinajstić information content (AvgIpc) is 3.51. The van der Waals surface area contributed by atoms with Crippen LogP contribution in [0.2, 0.25) is 0 Å². The third kappa shape index (κ3) is 6.50. The fraction of sp³-hybridized carbons (Fsp3) is 0.500. The van der Waals surface area contributed by atoms with Crippen LogP contribution in [0.4, 0.5) is 0 Å². The molecule has 4 rings (SSSR count). The number of guanidine groups is 1. The Balaban J connectivity index is 0.00000272. The van der Waals surface area contributed by atoms with Gasteiger partial charge in [-0.05, 0) is 24.8 Å². The monoisotopic (exact) mass is 556 g/mol. The van der Waals surface area contributed by atoms with Gasteiger partial charge in [-0.1, -0.05) is 11.2 Å². The first kappa shape index (κ1) is 23.7. The molecule has 0 unspecified atom stereocenters. The molecule has 3 aromatic rings. The number of hydrogen-bond acceptors (Lipinski definition) is 7. The summed E-state index contributed by atoms with van der Waals surface area (Å²) >= 11 is 1.79. The molecule has 3 aromatic heterocycles. The maximum Gasteiger partial charge on any atom is 0.194 e. The molecule has 4 heterocycles. The fourth-order valence-corrected chi connectivity index (χ4v) is 4.13. The van der Waals surface area contributed by atoms with E-state index in [1.165, 1.54) is 4.88 Å². The van der Waals surface area contributed by atoms with Crippen LogP contribution in [0.3, 0.4) is 0 Å². The van der Waals surface area contributed by atoms with Crippen LogP contribution in [0.25, 0.3) is 0 Å². The van der Waals surface area contributed by atoms with Crippen LogP contribution >= 0.6 is 35.3 Å². The molecule has 168 valence electrons. The second kappa shape index (κ2) is 11.6. The minimum absolute atomic E-state index is 0. The van der Waals surface area contributed by atoms with Gasteiger partial charge >= 0.3 is 0 Å². The molecular weight excluding hydrogens is 527 g/mol. The second-order valence-electron chi connectivity index (χ2n) is 7.37. The molecule has 0 radical (unpaired) electrons. The quantitative estimate of drug-likeness (QED) is 0.272. The molecule has 1 aliphatic rings. The Morgan fingerprint density at radius 2 is 2.06 bits per heavy atom. The van der Waals surface area contributed by atoms with E-state index >= 15 is 0 Å². The van der Waals surface area contributed by atoms with Crippen molar-refractivity contribution >= 4 is 41.3 Å². The molecule has 0 aliphatic carbocycles. The predicted molar refractivity (Wildman–Crippen MR) is 132 cm³/mol. The van der Waals surface area contributed by atoms with Crippen LogP contribution in [0.15, 0.2) is 39.4 Å². The van der Waals surface area contributed by atoms with Crippen molar-refractivity contribution in [2.45, 2.75) is 26.4 Å². The molecule has 0 saturated carbocycles. The van der Waals surface area contributed by atoms with Crippen molar-refractivity contribution in [1.82, 2.24) is 35.0 Å². The highest BCUT2D eigenvalue weighted by atomic mass is 127. The van der Waals surface area contributed by atoms with E-state index < -0.39 is 0 Å². The Morgan fingerprint density at radius 3 is 2.71 bits per heavy atom. The van der Waals surface area contributed by atoms with E-state index in [-0.39, 0.29) is 24.0 Å². The zero-order valence-corrected chi connectivity index (χ0v) is 21.0. The minimum Gasteiger partial charge on any atom is -0.364 e. The van der Waals surface area contributed by atoms with Gasteiger partial charge in [0, 0.05) is 57.3 Å². The third-order valence-electron chi connectivity index (χ3n) is 5.34. The Morgan fingerprint density at radius 1 is 1.23 bits per heavy atom. The molecule has 1 saturated heterocycles.